The fraction of sp³-hybridized carbons (Fsp3) is 0.250. The van der Waals surface area contributed by atoms with Gasteiger partial charge in [-0.3, -0.25) is 0 Å². The molecule has 2 heterocycles. The zero-order valence-electron chi connectivity index (χ0n) is 22.6. The smallest absolute Gasteiger partial charge is 0.176 e. The molecule has 8 N–H and O–H groups in total. The van der Waals surface area contributed by atoms with E-state index in [1.165, 1.54) is 0 Å². The van der Waals surface area contributed by atoms with Gasteiger partial charge < -0.3 is 41.3 Å². The zero-order valence-corrected chi connectivity index (χ0v) is 24.1. The summed E-state index contributed by atoms with van der Waals surface area (Å²) in [5, 5.41) is 65.3. The Hall–Kier alpha value is -3.82. The Labute approximate surface area is 253 Å². The summed E-state index contributed by atoms with van der Waals surface area (Å²) in [6.07, 6.45) is 1.38. The normalized spacial score (nSPS) is 18.0. The van der Waals surface area contributed by atoms with Crippen molar-refractivity contribution >= 4 is 23.2 Å². The number of benzene rings is 4. The SMILES string of the molecule is Oc1ccc(C2CNCCc3c2cc(O)c(O)c3Cl)cc1.Oc1ccc(C2CNCCc3c2cc(O)c(O)c3Cl)cc1. The molecule has 0 amide bonds. The molecular weight excluding hydrogens is 579 g/mol. The van der Waals surface area contributed by atoms with Crippen LogP contribution in [-0.4, -0.2) is 56.8 Å². The average molecular weight is 612 g/mol. The third-order valence-corrected chi connectivity index (χ3v) is 8.67. The van der Waals surface area contributed by atoms with Gasteiger partial charge in [-0.25, -0.2) is 0 Å². The van der Waals surface area contributed by atoms with Gasteiger partial charge in [0.15, 0.2) is 23.0 Å². The van der Waals surface area contributed by atoms with Crippen LogP contribution in [0.3, 0.4) is 0 Å². The van der Waals surface area contributed by atoms with E-state index >= 15 is 0 Å². The summed E-state index contributed by atoms with van der Waals surface area (Å²) in [4.78, 5) is 0. The third kappa shape index (κ3) is 6.03. The molecule has 6 rings (SSSR count). The predicted molar refractivity (Wildman–Crippen MR) is 163 cm³/mol. The molecule has 0 radical (unpaired) electrons. The summed E-state index contributed by atoms with van der Waals surface area (Å²) in [6, 6.07) is 17.2. The van der Waals surface area contributed by atoms with Gasteiger partial charge in [-0.15, -0.1) is 0 Å². The minimum Gasteiger partial charge on any atom is -0.508 e. The van der Waals surface area contributed by atoms with Gasteiger partial charge in [-0.1, -0.05) is 47.5 Å². The first-order chi connectivity index (χ1) is 20.2. The molecule has 42 heavy (non-hydrogen) atoms. The minimum absolute atomic E-state index is 0.00657. The van der Waals surface area contributed by atoms with Gasteiger partial charge in [0.1, 0.15) is 11.5 Å². The second kappa shape index (κ2) is 12.6. The molecule has 0 aliphatic carbocycles. The average Bonchev–Trinajstić information content (AvgIpc) is 3.33. The first kappa shape index (κ1) is 29.7. The lowest BCUT2D eigenvalue weighted by atomic mass is 9.87. The molecule has 0 saturated carbocycles. The van der Waals surface area contributed by atoms with Gasteiger partial charge in [-0.05, 0) is 95.7 Å². The molecule has 2 aliphatic heterocycles. The monoisotopic (exact) mass is 610 g/mol. The number of phenols is 6. The Morgan fingerprint density at radius 1 is 0.548 bits per heavy atom. The summed E-state index contributed by atoms with van der Waals surface area (Å²) in [5.74, 6) is -0.490. The van der Waals surface area contributed by atoms with Gasteiger partial charge >= 0.3 is 0 Å². The molecule has 2 unspecified atom stereocenters. The molecule has 8 nitrogen and oxygen atoms in total. The molecule has 2 atom stereocenters. The van der Waals surface area contributed by atoms with Gasteiger partial charge in [0.25, 0.3) is 0 Å². The summed E-state index contributed by atoms with van der Waals surface area (Å²) in [7, 11) is 0. The van der Waals surface area contributed by atoms with Crippen molar-refractivity contribution in [2.75, 3.05) is 26.2 Å². The van der Waals surface area contributed by atoms with Crippen LogP contribution in [0.25, 0.3) is 0 Å². The highest BCUT2D eigenvalue weighted by Gasteiger charge is 2.26. The fourth-order valence-electron chi connectivity index (χ4n) is 5.65. The standard InChI is InChI=1S/2C16H16ClNO3/c2*17-15-11-5-6-18-8-13(9-1-3-10(19)4-2-9)12(11)7-14(20)16(15)21/h2*1-4,7,13,18-21H,5-6,8H2. The minimum atomic E-state index is -0.262. The molecule has 0 spiro atoms. The molecule has 4 aromatic rings. The van der Waals surface area contributed by atoms with Gasteiger partial charge in [0.05, 0.1) is 10.0 Å². The maximum Gasteiger partial charge on any atom is 0.176 e. The lowest BCUT2D eigenvalue weighted by molar-refractivity contribution is 0.402. The Bertz CT molecular complexity index is 1460. The molecule has 0 saturated heterocycles. The van der Waals surface area contributed by atoms with Gasteiger partial charge in [0, 0.05) is 24.9 Å². The fourth-order valence-corrected chi connectivity index (χ4v) is 6.25. The van der Waals surface area contributed by atoms with E-state index in [9.17, 15) is 30.6 Å². The topological polar surface area (TPSA) is 145 Å². The Kier molecular flexibility index (Phi) is 8.89. The highest BCUT2D eigenvalue weighted by Crippen LogP contribution is 2.44. The zero-order chi connectivity index (χ0) is 30.0. The molecule has 0 bridgehead atoms. The number of rotatable bonds is 2. The van der Waals surface area contributed by atoms with E-state index < -0.39 is 0 Å². The van der Waals surface area contributed by atoms with Crippen LogP contribution in [0.15, 0.2) is 60.7 Å². The largest absolute Gasteiger partial charge is 0.508 e. The Morgan fingerprint density at radius 2 is 0.905 bits per heavy atom. The number of phenolic OH excluding ortho intramolecular Hbond substituents is 6. The molecular formula is C32H32Cl2N2O6. The van der Waals surface area contributed by atoms with Gasteiger partial charge in [-0.2, -0.15) is 0 Å². The van der Waals surface area contributed by atoms with Crippen molar-refractivity contribution in [3.05, 3.63) is 104 Å². The predicted octanol–water partition coefficient (Wildman–Crippen LogP) is 5.47. The number of hydrogen-bond acceptors (Lipinski definition) is 8. The van der Waals surface area contributed by atoms with E-state index in [-0.39, 0.29) is 56.4 Å². The first-order valence-corrected chi connectivity index (χ1v) is 14.4. The van der Waals surface area contributed by atoms with Crippen LogP contribution >= 0.6 is 23.2 Å². The maximum atomic E-state index is 9.86. The molecule has 2 aliphatic rings. The van der Waals surface area contributed by atoms with E-state index in [2.05, 4.69) is 10.6 Å². The second-order valence-corrected chi connectivity index (χ2v) is 11.2. The van der Waals surface area contributed by atoms with Crippen LogP contribution in [0.2, 0.25) is 10.0 Å². The quantitative estimate of drug-likeness (QED) is 0.139. The molecule has 4 aromatic carbocycles. The summed E-state index contributed by atoms with van der Waals surface area (Å²) in [5.41, 5.74) is 5.57. The van der Waals surface area contributed by atoms with Crippen molar-refractivity contribution in [1.82, 2.24) is 10.6 Å². The number of halogens is 2. The van der Waals surface area contributed by atoms with E-state index in [0.29, 0.717) is 25.9 Å². The van der Waals surface area contributed by atoms with E-state index in [0.717, 1.165) is 46.5 Å². The van der Waals surface area contributed by atoms with Crippen molar-refractivity contribution in [1.29, 1.82) is 0 Å². The van der Waals surface area contributed by atoms with Crippen LogP contribution in [0.4, 0.5) is 0 Å². The number of aromatic hydroxyl groups is 6. The van der Waals surface area contributed by atoms with Crippen molar-refractivity contribution in [3.8, 4) is 34.5 Å². The van der Waals surface area contributed by atoms with Crippen molar-refractivity contribution in [2.24, 2.45) is 0 Å². The second-order valence-electron chi connectivity index (χ2n) is 10.4. The third-order valence-electron chi connectivity index (χ3n) is 7.85. The molecule has 10 heteroatoms. The first-order valence-electron chi connectivity index (χ1n) is 13.6. The van der Waals surface area contributed by atoms with E-state index in [4.69, 9.17) is 23.2 Å². The van der Waals surface area contributed by atoms with Crippen molar-refractivity contribution in [3.63, 3.8) is 0 Å². The highest BCUT2D eigenvalue weighted by atomic mass is 35.5. The lowest BCUT2D eigenvalue weighted by Gasteiger charge is -2.20. The van der Waals surface area contributed by atoms with Crippen molar-refractivity contribution < 1.29 is 30.6 Å². The van der Waals surface area contributed by atoms with E-state index in [1.54, 1.807) is 36.4 Å². The molecule has 0 aromatic heterocycles. The lowest BCUT2D eigenvalue weighted by Crippen LogP contribution is -2.20. The van der Waals surface area contributed by atoms with Crippen LogP contribution in [-0.2, 0) is 12.8 Å². The molecule has 0 fully saturated rings. The highest BCUT2D eigenvalue weighted by molar-refractivity contribution is 6.33. The van der Waals surface area contributed by atoms with Crippen molar-refractivity contribution in [2.45, 2.75) is 24.7 Å². The summed E-state index contributed by atoms with van der Waals surface area (Å²) in [6.45, 7) is 2.92. The molecule has 220 valence electrons. The van der Waals surface area contributed by atoms with Crippen LogP contribution in [0, 0.1) is 0 Å². The van der Waals surface area contributed by atoms with Crippen LogP contribution in [0.1, 0.15) is 45.2 Å². The Balaban J connectivity index is 0.000000168. The number of hydrogen-bond donors (Lipinski definition) is 8. The Morgan fingerprint density at radius 3 is 1.26 bits per heavy atom. The number of fused-ring (bicyclic) bond motifs is 2. The van der Waals surface area contributed by atoms with Crippen LogP contribution < -0.4 is 10.6 Å². The number of nitrogens with one attached hydrogen (secondary N) is 2. The maximum absolute atomic E-state index is 9.86. The summed E-state index contributed by atoms with van der Waals surface area (Å²) >= 11 is 12.4. The summed E-state index contributed by atoms with van der Waals surface area (Å²) < 4.78 is 0. The van der Waals surface area contributed by atoms with Gasteiger partial charge in [0.2, 0.25) is 0 Å². The van der Waals surface area contributed by atoms with Crippen LogP contribution in [0.5, 0.6) is 34.5 Å². The van der Waals surface area contributed by atoms with E-state index in [1.807, 2.05) is 24.3 Å².